The lowest BCUT2D eigenvalue weighted by Crippen LogP contribution is -2.50. The van der Waals surface area contributed by atoms with E-state index in [0.717, 1.165) is 63.0 Å². The molecule has 2 fully saturated rings. The quantitative estimate of drug-likeness (QED) is 0.375. The first kappa shape index (κ1) is 29.5. The fourth-order valence-corrected chi connectivity index (χ4v) is 5.46. The molecule has 0 radical (unpaired) electrons. The van der Waals surface area contributed by atoms with Crippen LogP contribution in [-0.4, -0.2) is 59.6 Å². The van der Waals surface area contributed by atoms with E-state index in [4.69, 9.17) is 0 Å². The third-order valence-corrected chi connectivity index (χ3v) is 7.33. The van der Waals surface area contributed by atoms with Crippen molar-refractivity contribution in [3.63, 3.8) is 0 Å². The highest BCUT2D eigenvalue weighted by Crippen LogP contribution is 2.25. The average Bonchev–Trinajstić information content (AvgIpc) is 3.31. The monoisotopic (exact) mass is 518 g/mol. The van der Waals surface area contributed by atoms with Crippen molar-refractivity contribution in [2.24, 2.45) is 0 Å². The Bertz CT molecular complexity index is 805. The van der Waals surface area contributed by atoms with Gasteiger partial charge in [0.25, 0.3) is 0 Å². The van der Waals surface area contributed by atoms with Gasteiger partial charge in [-0.2, -0.15) is 0 Å². The summed E-state index contributed by atoms with van der Waals surface area (Å²) in [4.78, 5) is 32.4. The highest BCUT2D eigenvalue weighted by Gasteiger charge is 2.35. The molecule has 2 heterocycles. The molecule has 0 N–H and O–H groups in total. The minimum atomic E-state index is -0.258. The van der Waals surface area contributed by atoms with Crippen molar-refractivity contribution in [1.29, 1.82) is 0 Å². The second-order valence-electron chi connectivity index (χ2n) is 9.63. The second kappa shape index (κ2) is 15.4. The zero-order valence-electron chi connectivity index (χ0n) is 20.6. The van der Waals surface area contributed by atoms with Crippen molar-refractivity contribution in [2.45, 2.75) is 69.9 Å². The molecule has 2 aromatic rings. The Kier molecular flexibility index (Phi) is 13.0. The predicted molar refractivity (Wildman–Crippen MR) is 148 cm³/mol. The van der Waals surface area contributed by atoms with Gasteiger partial charge in [0.1, 0.15) is 0 Å². The third-order valence-electron chi connectivity index (χ3n) is 7.33. The Hall–Kier alpha value is -1.72. The van der Waals surface area contributed by atoms with Crippen LogP contribution in [0.15, 0.2) is 60.7 Å². The minimum absolute atomic E-state index is 0. The van der Waals surface area contributed by atoms with Crippen molar-refractivity contribution in [2.75, 3.05) is 26.2 Å². The Morgan fingerprint density at radius 2 is 0.857 bits per heavy atom. The number of likely N-dealkylation sites (tertiary alicyclic amines) is 2. The summed E-state index contributed by atoms with van der Waals surface area (Å²) in [6.07, 6.45) is 9.96. The lowest BCUT2D eigenvalue weighted by atomic mass is 9.91. The molecule has 0 saturated carbocycles. The van der Waals surface area contributed by atoms with Crippen molar-refractivity contribution in [1.82, 2.24) is 9.80 Å². The molecule has 2 aliphatic rings. The van der Waals surface area contributed by atoms with Gasteiger partial charge in [-0.15, -0.1) is 24.8 Å². The van der Waals surface area contributed by atoms with Crippen LogP contribution in [0.1, 0.15) is 78.5 Å². The molecule has 0 spiro atoms. The first-order valence-electron chi connectivity index (χ1n) is 12.9. The normalized spacial score (nSPS) is 19.2. The molecule has 2 aliphatic heterocycles. The lowest BCUT2D eigenvalue weighted by Gasteiger charge is -2.36. The zero-order valence-corrected chi connectivity index (χ0v) is 22.3. The summed E-state index contributed by atoms with van der Waals surface area (Å²) in [7, 11) is 0. The van der Waals surface area contributed by atoms with E-state index in [0.29, 0.717) is 6.42 Å². The fourth-order valence-electron chi connectivity index (χ4n) is 5.46. The first-order chi connectivity index (χ1) is 16.2. The highest BCUT2D eigenvalue weighted by atomic mass is 35.5. The van der Waals surface area contributed by atoms with Crippen molar-refractivity contribution >= 4 is 36.4 Å². The van der Waals surface area contributed by atoms with Crippen LogP contribution in [0.2, 0.25) is 0 Å². The van der Waals surface area contributed by atoms with Gasteiger partial charge < -0.3 is 0 Å². The van der Waals surface area contributed by atoms with Crippen LogP contribution in [0.3, 0.4) is 0 Å². The predicted octanol–water partition coefficient (Wildman–Crippen LogP) is 6.48. The molecule has 0 bridgehead atoms. The van der Waals surface area contributed by atoms with Gasteiger partial charge in [0, 0.05) is 11.1 Å². The molecular formula is C29H40Cl2N2O2. The second-order valence-corrected chi connectivity index (χ2v) is 9.63. The molecule has 0 aliphatic carbocycles. The lowest BCUT2D eigenvalue weighted by molar-refractivity contribution is 0.0656. The standard InChI is InChI=1S/C29H38N2O2.2ClH/c32-28(24-15-7-5-8-16-24)26(30-19-11-1-2-12-20-30)23-27(31-21-13-3-4-14-22-31)29(33)25-17-9-6-10-18-25;;/h5-10,15-18,26-27H,1-4,11-14,19-23H2;2*1H. The molecule has 0 aromatic heterocycles. The molecule has 4 rings (SSSR count). The molecule has 6 heteroatoms. The highest BCUT2D eigenvalue weighted by molar-refractivity contribution is 6.03. The van der Waals surface area contributed by atoms with Gasteiger partial charge in [-0.05, 0) is 58.3 Å². The van der Waals surface area contributed by atoms with Crippen molar-refractivity contribution in [3.8, 4) is 0 Å². The van der Waals surface area contributed by atoms with Crippen molar-refractivity contribution in [3.05, 3.63) is 71.8 Å². The van der Waals surface area contributed by atoms with Crippen LogP contribution in [0.4, 0.5) is 0 Å². The molecule has 2 atom stereocenters. The van der Waals surface area contributed by atoms with Crippen LogP contribution >= 0.6 is 24.8 Å². The van der Waals surface area contributed by atoms with Gasteiger partial charge in [0.05, 0.1) is 12.1 Å². The number of carbonyl (C=O) groups excluding carboxylic acids is 2. The number of carbonyl (C=O) groups is 2. The summed E-state index contributed by atoms with van der Waals surface area (Å²) in [5, 5.41) is 0. The number of benzene rings is 2. The maximum Gasteiger partial charge on any atom is 0.180 e. The van der Waals surface area contributed by atoms with Gasteiger partial charge >= 0.3 is 0 Å². The first-order valence-corrected chi connectivity index (χ1v) is 12.9. The maximum absolute atomic E-state index is 13.8. The Labute approximate surface area is 223 Å². The minimum Gasteiger partial charge on any atom is -0.293 e. The van der Waals surface area contributed by atoms with Crippen LogP contribution < -0.4 is 0 Å². The molecule has 2 aromatic carbocycles. The Balaban J connectivity index is 0.00000216. The molecule has 2 saturated heterocycles. The Morgan fingerprint density at radius 1 is 0.543 bits per heavy atom. The van der Waals surface area contributed by atoms with Crippen molar-refractivity contribution < 1.29 is 9.59 Å². The van der Waals surface area contributed by atoms with Gasteiger partial charge in [-0.3, -0.25) is 19.4 Å². The van der Waals surface area contributed by atoms with E-state index in [1.807, 2.05) is 60.7 Å². The summed E-state index contributed by atoms with van der Waals surface area (Å²) in [5.74, 6) is 0.330. The number of hydrogen-bond acceptors (Lipinski definition) is 4. The van der Waals surface area contributed by atoms with E-state index >= 15 is 0 Å². The zero-order chi connectivity index (χ0) is 22.9. The summed E-state index contributed by atoms with van der Waals surface area (Å²) in [5.41, 5.74) is 1.52. The van der Waals surface area contributed by atoms with Gasteiger partial charge in [0.15, 0.2) is 11.6 Å². The number of Topliss-reactive ketones (excluding diaryl/α,β-unsaturated/α-hetero) is 2. The summed E-state index contributed by atoms with van der Waals surface area (Å²) >= 11 is 0. The molecular weight excluding hydrogens is 479 g/mol. The number of halogens is 2. The van der Waals surface area contributed by atoms with Gasteiger partial charge in [0.2, 0.25) is 0 Å². The maximum atomic E-state index is 13.8. The molecule has 192 valence electrons. The van der Waals surface area contributed by atoms with Crippen LogP contribution in [0.5, 0.6) is 0 Å². The third kappa shape index (κ3) is 8.15. The molecule has 35 heavy (non-hydrogen) atoms. The van der Waals surface area contributed by atoms with E-state index in [2.05, 4.69) is 9.80 Å². The summed E-state index contributed by atoms with van der Waals surface area (Å²) in [6, 6.07) is 18.8. The smallest absolute Gasteiger partial charge is 0.180 e. The van der Waals surface area contributed by atoms with Crippen LogP contribution in [0.25, 0.3) is 0 Å². The summed E-state index contributed by atoms with van der Waals surface area (Å²) < 4.78 is 0. The number of rotatable bonds is 8. The fraction of sp³-hybridized carbons (Fsp3) is 0.517. The summed E-state index contributed by atoms with van der Waals surface area (Å²) in [6.45, 7) is 3.76. The van der Waals surface area contributed by atoms with E-state index < -0.39 is 0 Å². The average molecular weight is 520 g/mol. The molecule has 4 nitrogen and oxygen atoms in total. The van der Waals surface area contributed by atoms with Crippen LogP contribution in [-0.2, 0) is 0 Å². The van der Waals surface area contributed by atoms with Crippen LogP contribution in [0, 0.1) is 0 Å². The topological polar surface area (TPSA) is 40.6 Å². The number of nitrogens with zero attached hydrogens (tertiary/aromatic N) is 2. The molecule has 0 amide bonds. The largest absolute Gasteiger partial charge is 0.293 e. The number of ketones is 2. The van der Waals surface area contributed by atoms with E-state index in [1.165, 1.54) is 25.7 Å². The SMILES string of the molecule is Cl.Cl.O=C(c1ccccc1)C(CC(C(=O)c1ccccc1)N1CCCCCC1)N1CCCCCC1. The van der Waals surface area contributed by atoms with E-state index in [1.54, 1.807) is 0 Å². The Morgan fingerprint density at radius 3 is 1.17 bits per heavy atom. The number of hydrogen-bond donors (Lipinski definition) is 0. The van der Waals surface area contributed by atoms with E-state index in [-0.39, 0.29) is 48.5 Å². The molecule has 2 unspecified atom stereocenters. The van der Waals surface area contributed by atoms with Gasteiger partial charge in [-0.1, -0.05) is 86.3 Å². The van der Waals surface area contributed by atoms with E-state index in [9.17, 15) is 9.59 Å². The van der Waals surface area contributed by atoms with Gasteiger partial charge in [-0.25, -0.2) is 0 Å².